The fourth-order valence-corrected chi connectivity index (χ4v) is 2.27. The predicted octanol–water partition coefficient (Wildman–Crippen LogP) is -1.23. The van der Waals surface area contributed by atoms with Crippen molar-refractivity contribution in [3.8, 4) is 0 Å². The van der Waals surface area contributed by atoms with Crippen LogP contribution in [0.15, 0.2) is 0 Å². The van der Waals surface area contributed by atoms with E-state index in [2.05, 4.69) is 0 Å². The van der Waals surface area contributed by atoms with Crippen LogP contribution >= 0.6 is 0 Å². The first-order valence-electron chi connectivity index (χ1n) is 4.78. The Bertz CT molecular complexity index is 209. The summed E-state index contributed by atoms with van der Waals surface area (Å²) in [5.41, 5.74) is -0.876. The monoisotopic (exact) mass is 204 g/mol. The standard InChI is InChI=1S/C9H16O5/c1-12-2-6-3-13-7-4-14-9(6,5-10)8(7)11/h6-8,10-11H,2-5H2,1H3/t6-,7+,8+,9+/m1/s1. The summed E-state index contributed by atoms with van der Waals surface area (Å²) in [5.74, 6) is -0.105. The van der Waals surface area contributed by atoms with Gasteiger partial charge in [0.1, 0.15) is 17.8 Å². The summed E-state index contributed by atoms with van der Waals surface area (Å²) in [6, 6.07) is 0. The highest BCUT2D eigenvalue weighted by Crippen LogP contribution is 2.39. The van der Waals surface area contributed by atoms with Gasteiger partial charge in [-0.05, 0) is 0 Å². The van der Waals surface area contributed by atoms with Crippen LogP contribution in [0.3, 0.4) is 0 Å². The zero-order chi connectivity index (χ0) is 10.2. The summed E-state index contributed by atoms with van der Waals surface area (Å²) in [6.07, 6.45) is -1.04. The van der Waals surface area contributed by atoms with Crippen molar-refractivity contribution in [2.24, 2.45) is 5.92 Å². The molecule has 0 saturated carbocycles. The molecule has 82 valence electrons. The molecule has 0 aliphatic carbocycles. The normalized spacial score (nSPS) is 46.9. The van der Waals surface area contributed by atoms with Gasteiger partial charge in [-0.15, -0.1) is 0 Å². The van der Waals surface area contributed by atoms with E-state index in [0.717, 1.165) is 0 Å². The van der Waals surface area contributed by atoms with Gasteiger partial charge in [0.2, 0.25) is 0 Å². The molecule has 14 heavy (non-hydrogen) atoms. The van der Waals surface area contributed by atoms with Crippen LogP contribution in [0.2, 0.25) is 0 Å². The van der Waals surface area contributed by atoms with Crippen molar-refractivity contribution in [3.63, 3.8) is 0 Å². The number of aliphatic hydroxyl groups excluding tert-OH is 2. The third kappa shape index (κ3) is 1.28. The van der Waals surface area contributed by atoms with Gasteiger partial charge in [-0.3, -0.25) is 0 Å². The molecule has 2 fully saturated rings. The molecule has 0 aromatic carbocycles. The van der Waals surface area contributed by atoms with Crippen molar-refractivity contribution in [1.29, 1.82) is 0 Å². The molecule has 0 spiro atoms. The van der Waals surface area contributed by atoms with Crippen LogP contribution in [-0.2, 0) is 14.2 Å². The second-order valence-electron chi connectivity index (χ2n) is 3.89. The summed E-state index contributed by atoms with van der Waals surface area (Å²) >= 11 is 0. The molecule has 0 aromatic heterocycles. The molecule has 0 radical (unpaired) electrons. The average Bonchev–Trinajstić information content (AvgIpc) is 2.42. The minimum atomic E-state index is -0.876. The smallest absolute Gasteiger partial charge is 0.127 e. The highest BCUT2D eigenvalue weighted by Gasteiger charge is 2.57. The Balaban J connectivity index is 2.18. The van der Waals surface area contributed by atoms with Crippen LogP contribution in [0.5, 0.6) is 0 Å². The SMILES string of the molecule is COC[C@@H]1CO[C@H]2CO[C@]1(CO)[C@H]2O. The van der Waals surface area contributed by atoms with Gasteiger partial charge < -0.3 is 24.4 Å². The quantitative estimate of drug-likeness (QED) is 0.602. The number of hydrogen-bond donors (Lipinski definition) is 2. The second-order valence-corrected chi connectivity index (χ2v) is 3.89. The molecule has 2 saturated heterocycles. The molecule has 5 heteroatoms. The summed E-state index contributed by atoms with van der Waals surface area (Å²) in [6.45, 7) is 1.05. The molecule has 2 N–H and O–H groups in total. The molecular formula is C9H16O5. The maximum atomic E-state index is 9.89. The summed E-state index contributed by atoms with van der Waals surface area (Å²) in [4.78, 5) is 0. The van der Waals surface area contributed by atoms with E-state index in [-0.39, 0.29) is 18.6 Å². The fraction of sp³-hybridized carbons (Fsp3) is 1.00. The molecule has 0 aromatic rings. The van der Waals surface area contributed by atoms with Crippen molar-refractivity contribution in [2.45, 2.75) is 17.8 Å². The lowest BCUT2D eigenvalue weighted by Crippen LogP contribution is -2.58. The van der Waals surface area contributed by atoms with Crippen molar-refractivity contribution < 1.29 is 24.4 Å². The lowest BCUT2D eigenvalue weighted by Gasteiger charge is -2.41. The Morgan fingerprint density at radius 1 is 1.50 bits per heavy atom. The summed E-state index contributed by atoms with van der Waals surface area (Å²) in [7, 11) is 1.58. The Kier molecular flexibility index (Phi) is 2.77. The summed E-state index contributed by atoms with van der Waals surface area (Å²) in [5, 5.41) is 19.2. The first-order valence-corrected chi connectivity index (χ1v) is 4.78. The molecule has 2 aliphatic heterocycles. The van der Waals surface area contributed by atoms with E-state index in [1.54, 1.807) is 7.11 Å². The Labute approximate surface area is 82.6 Å². The van der Waals surface area contributed by atoms with Gasteiger partial charge >= 0.3 is 0 Å². The lowest BCUT2D eigenvalue weighted by atomic mass is 9.81. The summed E-state index contributed by atoms with van der Waals surface area (Å²) < 4.78 is 15.9. The number of aliphatic hydroxyl groups is 2. The molecule has 0 unspecified atom stereocenters. The zero-order valence-corrected chi connectivity index (χ0v) is 8.18. The molecule has 2 rings (SSSR count). The van der Waals surface area contributed by atoms with E-state index in [0.29, 0.717) is 19.8 Å². The van der Waals surface area contributed by atoms with Gasteiger partial charge in [-0.25, -0.2) is 0 Å². The molecule has 0 amide bonds. The number of methoxy groups -OCH3 is 1. The van der Waals surface area contributed by atoms with Crippen molar-refractivity contribution in [2.75, 3.05) is 33.5 Å². The Morgan fingerprint density at radius 2 is 2.29 bits per heavy atom. The van der Waals surface area contributed by atoms with E-state index in [1.165, 1.54) is 0 Å². The average molecular weight is 204 g/mol. The van der Waals surface area contributed by atoms with E-state index in [1.807, 2.05) is 0 Å². The van der Waals surface area contributed by atoms with Crippen LogP contribution in [0.1, 0.15) is 0 Å². The lowest BCUT2D eigenvalue weighted by molar-refractivity contribution is -0.184. The first kappa shape index (κ1) is 10.3. The zero-order valence-electron chi connectivity index (χ0n) is 8.18. The predicted molar refractivity (Wildman–Crippen MR) is 46.9 cm³/mol. The van der Waals surface area contributed by atoms with Crippen LogP contribution in [0, 0.1) is 5.92 Å². The molecular weight excluding hydrogens is 188 g/mol. The number of hydrogen-bond acceptors (Lipinski definition) is 5. The maximum absolute atomic E-state index is 9.89. The van der Waals surface area contributed by atoms with Crippen LogP contribution in [0.4, 0.5) is 0 Å². The molecule has 2 heterocycles. The Morgan fingerprint density at radius 3 is 2.93 bits per heavy atom. The van der Waals surface area contributed by atoms with Gasteiger partial charge in [-0.2, -0.15) is 0 Å². The van der Waals surface area contributed by atoms with E-state index in [4.69, 9.17) is 14.2 Å². The fourth-order valence-electron chi connectivity index (χ4n) is 2.27. The van der Waals surface area contributed by atoms with Crippen molar-refractivity contribution >= 4 is 0 Å². The number of ether oxygens (including phenoxy) is 3. The van der Waals surface area contributed by atoms with Gasteiger partial charge in [0.05, 0.1) is 26.4 Å². The molecule has 5 nitrogen and oxygen atoms in total. The molecule has 2 bridgehead atoms. The highest BCUT2D eigenvalue weighted by atomic mass is 16.6. The number of fused-ring (bicyclic) bond motifs is 2. The Hall–Kier alpha value is -0.200. The van der Waals surface area contributed by atoms with E-state index in [9.17, 15) is 10.2 Å². The van der Waals surface area contributed by atoms with Crippen LogP contribution in [-0.4, -0.2) is 61.6 Å². The van der Waals surface area contributed by atoms with Gasteiger partial charge in [0, 0.05) is 13.0 Å². The van der Waals surface area contributed by atoms with Crippen molar-refractivity contribution in [3.05, 3.63) is 0 Å². The van der Waals surface area contributed by atoms with E-state index < -0.39 is 11.7 Å². The third-order valence-electron chi connectivity index (χ3n) is 3.19. The second kappa shape index (κ2) is 3.75. The third-order valence-corrected chi connectivity index (χ3v) is 3.19. The van der Waals surface area contributed by atoms with Crippen LogP contribution in [0.25, 0.3) is 0 Å². The first-order chi connectivity index (χ1) is 6.74. The van der Waals surface area contributed by atoms with Gasteiger partial charge in [0.25, 0.3) is 0 Å². The van der Waals surface area contributed by atoms with Gasteiger partial charge in [-0.1, -0.05) is 0 Å². The number of rotatable bonds is 3. The maximum Gasteiger partial charge on any atom is 0.127 e. The minimum absolute atomic E-state index is 0.105. The molecule has 4 atom stereocenters. The minimum Gasteiger partial charge on any atom is -0.393 e. The molecule has 2 aliphatic rings. The topological polar surface area (TPSA) is 68.2 Å². The van der Waals surface area contributed by atoms with Crippen molar-refractivity contribution in [1.82, 2.24) is 0 Å². The largest absolute Gasteiger partial charge is 0.393 e. The highest BCUT2D eigenvalue weighted by molar-refractivity contribution is 5.05. The van der Waals surface area contributed by atoms with Crippen LogP contribution < -0.4 is 0 Å². The van der Waals surface area contributed by atoms with E-state index >= 15 is 0 Å². The van der Waals surface area contributed by atoms with Gasteiger partial charge in [0.15, 0.2) is 0 Å².